The van der Waals surface area contributed by atoms with E-state index in [2.05, 4.69) is 0 Å². The van der Waals surface area contributed by atoms with Gasteiger partial charge in [0, 0.05) is 50.8 Å². The lowest BCUT2D eigenvalue weighted by molar-refractivity contribution is -0.148. The molecular formula is C27H46N4O9. The number of likely N-dealkylation sites (tertiary alicyclic amines) is 2. The largest absolute Gasteiger partial charge is 0.480 e. The van der Waals surface area contributed by atoms with Crippen LogP contribution in [-0.4, -0.2) is 152 Å². The van der Waals surface area contributed by atoms with Gasteiger partial charge in [-0.1, -0.05) is 26.2 Å². The lowest BCUT2D eigenvalue weighted by Gasteiger charge is -2.45. The molecule has 13 nitrogen and oxygen atoms in total. The maximum Gasteiger partial charge on any atom is 0.317 e. The summed E-state index contributed by atoms with van der Waals surface area (Å²) in [7, 11) is 0. The fraction of sp³-hybridized carbons (Fsp3) is 0.852. The molecule has 2 saturated heterocycles. The minimum absolute atomic E-state index is 0.102. The van der Waals surface area contributed by atoms with Gasteiger partial charge in [-0.05, 0) is 31.6 Å². The molecule has 0 spiro atoms. The van der Waals surface area contributed by atoms with Crippen LogP contribution in [0.5, 0.6) is 0 Å². The average molecular weight is 571 g/mol. The molecule has 3 aliphatic rings. The zero-order valence-electron chi connectivity index (χ0n) is 23.4. The van der Waals surface area contributed by atoms with Gasteiger partial charge >= 0.3 is 11.9 Å². The zero-order chi connectivity index (χ0) is 29.4. The lowest BCUT2D eigenvalue weighted by Crippen LogP contribution is -2.60. The summed E-state index contributed by atoms with van der Waals surface area (Å²) < 4.78 is 0. The fourth-order valence-electron chi connectivity index (χ4n) is 6.60. The number of rotatable bonds is 12. The smallest absolute Gasteiger partial charge is 0.317 e. The van der Waals surface area contributed by atoms with Crippen LogP contribution in [0.15, 0.2) is 0 Å². The number of carboxylic acids is 2. The minimum atomic E-state index is -1.13. The highest BCUT2D eigenvalue weighted by molar-refractivity contribution is 5.80. The summed E-state index contributed by atoms with van der Waals surface area (Å²) in [4.78, 5) is 56.5. The van der Waals surface area contributed by atoms with Gasteiger partial charge in [0.05, 0.1) is 38.4 Å². The molecule has 5 N–H and O–H groups in total. The second-order valence-electron chi connectivity index (χ2n) is 11.7. The first-order valence-electron chi connectivity index (χ1n) is 14.4. The molecule has 6 atom stereocenters. The number of carbonyl (C=O) groups is 4. The van der Waals surface area contributed by atoms with Crippen molar-refractivity contribution in [2.24, 2.45) is 11.8 Å². The number of piperidine rings is 2. The molecule has 13 heteroatoms. The van der Waals surface area contributed by atoms with Crippen molar-refractivity contribution in [3.8, 4) is 0 Å². The third-order valence-electron chi connectivity index (χ3n) is 8.56. The van der Waals surface area contributed by atoms with Crippen LogP contribution in [-0.2, 0) is 19.2 Å². The molecule has 0 aromatic carbocycles. The minimum Gasteiger partial charge on any atom is -0.480 e. The molecule has 0 aromatic rings. The maximum absolute atomic E-state index is 13.3. The first-order valence-corrected chi connectivity index (χ1v) is 14.4. The normalized spacial score (nSPS) is 29.6. The second kappa shape index (κ2) is 15.1. The molecule has 0 bridgehead atoms. The van der Waals surface area contributed by atoms with Gasteiger partial charge in [0.1, 0.15) is 0 Å². The van der Waals surface area contributed by atoms with Crippen molar-refractivity contribution in [3.05, 3.63) is 0 Å². The van der Waals surface area contributed by atoms with Crippen LogP contribution in [0.25, 0.3) is 0 Å². The van der Waals surface area contributed by atoms with E-state index in [1.807, 2.05) is 6.92 Å². The molecule has 3 fully saturated rings. The Balaban J connectivity index is 1.79. The fourth-order valence-corrected chi connectivity index (χ4v) is 6.60. The third-order valence-corrected chi connectivity index (χ3v) is 8.56. The van der Waals surface area contributed by atoms with E-state index in [-0.39, 0.29) is 63.0 Å². The summed E-state index contributed by atoms with van der Waals surface area (Å²) >= 11 is 0. The van der Waals surface area contributed by atoms with Crippen molar-refractivity contribution in [3.63, 3.8) is 0 Å². The highest BCUT2D eigenvalue weighted by atomic mass is 16.4. The SMILES string of the molecule is CCC1CC(O)CN(C(=O)CN(CC(=O)O)C2CCCCC2N(CC(=O)O)CC(=O)N2CC(O)CC(CO)C2)C1. The molecule has 228 valence electrons. The predicted octanol–water partition coefficient (Wildman–Crippen LogP) is -1.11. The van der Waals surface area contributed by atoms with E-state index in [4.69, 9.17) is 0 Å². The monoisotopic (exact) mass is 570 g/mol. The van der Waals surface area contributed by atoms with E-state index < -0.39 is 49.3 Å². The van der Waals surface area contributed by atoms with Crippen LogP contribution in [0.4, 0.5) is 0 Å². The van der Waals surface area contributed by atoms with Crippen LogP contribution in [0.2, 0.25) is 0 Å². The number of carbonyl (C=O) groups excluding carboxylic acids is 2. The molecule has 2 heterocycles. The van der Waals surface area contributed by atoms with Crippen molar-refractivity contribution in [2.75, 3.05) is 59.0 Å². The highest BCUT2D eigenvalue weighted by Crippen LogP contribution is 2.29. The Hall–Kier alpha value is -2.32. The number of aliphatic carboxylic acids is 2. The van der Waals surface area contributed by atoms with Gasteiger partial charge in [0.2, 0.25) is 11.8 Å². The Kier molecular flexibility index (Phi) is 12.1. The van der Waals surface area contributed by atoms with E-state index in [1.54, 1.807) is 14.7 Å². The zero-order valence-corrected chi connectivity index (χ0v) is 23.4. The summed E-state index contributed by atoms with van der Waals surface area (Å²) in [6.07, 6.45) is 3.04. The van der Waals surface area contributed by atoms with Gasteiger partial charge < -0.3 is 35.3 Å². The first kappa shape index (κ1) is 32.2. The maximum atomic E-state index is 13.3. The van der Waals surface area contributed by atoms with E-state index in [0.717, 1.165) is 19.3 Å². The summed E-state index contributed by atoms with van der Waals surface area (Å²) in [5, 5.41) is 49.4. The lowest BCUT2D eigenvalue weighted by atomic mass is 9.87. The topological polar surface area (TPSA) is 182 Å². The van der Waals surface area contributed by atoms with E-state index in [0.29, 0.717) is 32.2 Å². The van der Waals surface area contributed by atoms with E-state index >= 15 is 0 Å². The van der Waals surface area contributed by atoms with Crippen LogP contribution >= 0.6 is 0 Å². The Morgan fingerprint density at radius 2 is 1.12 bits per heavy atom. The van der Waals surface area contributed by atoms with E-state index in [9.17, 15) is 44.7 Å². The van der Waals surface area contributed by atoms with E-state index in [1.165, 1.54) is 4.90 Å². The standard InChI is InChI=1S/C27H46N4O9/c1-2-18-7-20(33)11-30(9-18)24(35)13-28(15-26(37)38)22-5-3-4-6-23(22)29(16-27(39)40)14-25(36)31-10-19(17-32)8-21(34)12-31/h18-23,32-34H,2-17H2,1H3,(H,37,38)(H,39,40). The number of β-amino-alcohol motifs (C(OH)–C–C–N with tert-alkyl or cyclic N) is 2. The number of carboxylic acid groups (broad SMARTS) is 2. The van der Waals surface area contributed by atoms with Crippen molar-refractivity contribution in [1.82, 2.24) is 19.6 Å². The van der Waals surface area contributed by atoms with Gasteiger partial charge in [-0.15, -0.1) is 0 Å². The van der Waals surface area contributed by atoms with Gasteiger partial charge in [-0.2, -0.15) is 0 Å². The Labute approximate surface area is 235 Å². The molecule has 40 heavy (non-hydrogen) atoms. The molecule has 3 rings (SSSR count). The molecule has 2 amide bonds. The highest BCUT2D eigenvalue weighted by Gasteiger charge is 2.39. The van der Waals surface area contributed by atoms with Crippen LogP contribution < -0.4 is 0 Å². The molecule has 1 saturated carbocycles. The van der Waals surface area contributed by atoms with Gasteiger partial charge in [0.15, 0.2) is 0 Å². The van der Waals surface area contributed by atoms with Crippen molar-refractivity contribution in [2.45, 2.75) is 76.2 Å². The average Bonchev–Trinajstić information content (AvgIpc) is 2.90. The van der Waals surface area contributed by atoms with Gasteiger partial charge in [0.25, 0.3) is 0 Å². The molecule has 0 aromatic heterocycles. The number of hydrogen-bond donors (Lipinski definition) is 5. The molecule has 0 radical (unpaired) electrons. The number of aliphatic hydroxyl groups excluding tert-OH is 3. The predicted molar refractivity (Wildman–Crippen MR) is 143 cm³/mol. The Morgan fingerprint density at radius 1 is 0.700 bits per heavy atom. The van der Waals surface area contributed by atoms with Crippen LogP contribution in [0, 0.1) is 11.8 Å². The Morgan fingerprint density at radius 3 is 1.52 bits per heavy atom. The quantitative estimate of drug-likeness (QED) is 0.192. The summed E-state index contributed by atoms with van der Waals surface area (Å²) in [6.45, 7) is 1.64. The molecular weight excluding hydrogens is 524 g/mol. The number of amides is 2. The molecule has 1 aliphatic carbocycles. The van der Waals surface area contributed by atoms with Crippen molar-refractivity contribution < 1.29 is 44.7 Å². The number of nitrogens with zero attached hydrogens (tertiary/aromatic N) is 4. The van der Waals surface area contributed by atoms with Gasteiger partial charge in [-0.25, -0.2) is 0 Å². The summed E-state index contributed by atoms with van der Waals surface area (Å²) in [6, 6.07) is -0.936. The van der Waals surface area contributed by atoms with Crippen molar-refractivity contribution in [1.29, 1.82) is 0 Å². The van der Waals surface area contributed by atoms with Crippen molar-refractivity contribution >= 4 is 23.8 Å². The number of hydrogen-bond acceptors (Lipinski definition) is 9. The molecule has 6 unspecified atom stereocenters. The molecule has 2 aliphatic heterocycles. The first-order chi connectivity index (χ1) is 19.0. The number of aliphatic hydroxyl groups is 3. The second-order valence-corrected chi connectivity index (χ2v) is 11.7. The Bertz CT molecular complexity index is 820. The van der Waals surface area contributed by atoms with Gasteiger partial charge in [-0.3, -0.25) is 29.0 Å². The summed E-state index contributed by atoms with van der Waals surface area (Å²) in [5.74, 6) is -2.98. The summed E-state index contributed by atoms with van der Waals surface area (Å²) in [5.41, 5.74) is 0. The third kappa shape index (κ3) is 9.10. The van der Waals surface area contributed by atoms with Crippen LogP contribution in [0.3, 0.4) is 0 Å². The van der Waals surface area contributed by atoms with Crippen LogP contribution in [0.1, 0.15) is 51.9 Å².